The Morgan fingerprint density at radius 1 is 1.10 bits per heavy atom. The average Bonchev–Trinajstić information content (AvgIpc) is 2.86. The van der Waals surface area contributed by atoms with Crippen molar-refractivity contribution < 1.29 is 17.6 Å². The molecular formula is C14H13F4NS. The van der Waals surface area contributed by atoms with Gasteiger partial charge in [-0.2, -0.15) is 24.5 Å². The van der Waals surface area contributed by atoms with Crippen molar-refractivity contribution in [3.8, 4) is 0 Å². The molecule has 20 heavy (non-hydrogen) atoms. The van der Waals surface area contributed by atoms with Crippen LogP contribution in [0.15, 0.2) is 35.0 Å². The smallest absolute Gasteiger partial charge is 0.312 e. The lowest BCUT2D eigenvalue weighted by Gasteiger charge is -2.10. The second kappa shape index (κ2) is 6.37. The number of hydrogen-bond acceptors (Lipinski definition) is 2. The van der Waals surface area contributed by atoms with Crippen LogP contribution < -0.4 is 5.32 Å². The number of benzene rings is 1. The topological polar surface area (TPSA) is 12.0 Å². The van der Waals surface area contributed by atoms with Crippen LogP contribution in [-0.4, -0.2) is 6.54 Å². The molecule has 0 spiro atoms. The first kappa shape index (κ1) is 15.0. The van der Waals surface area contributed by atoms with E-state index in [0.717, 1.165) is 18.6 Å². The SMILES string of the molecule is Fc1cc(CNCCc2ccsc2)cc(C(F)(F)F)c1. The maximum Gasteiger partial charge on any atom is 0.416 e. The molecule has 0 atom stereocenters. The van der Waals surface area contributed by atoms with E-state index >= 15 is 0 Å². The quantitative estimate of drug-likeness (QED) is 0.643. The number of nitrogens with one attached hydrogen (secondary N) is 1. The van der Waals surface area contributed by atoms with Crippen LogP contribution in [0, 0.1) is 5.82 Å². The van der Waals surface area contributed by atoms with Gasteiger partial charge in [0.05, 0.1) is 5.56 Å². The van der Waals surface area contributed by atoms with Crippen LogP contribution in [0.2, 0.25) is 0 Å². The maximum atomic E-state index is 13.2. The van der Waals surface area contributed by atoms with Gasteiger partial charge in [-0.1, -0.05) is 0 Å². The Bertz CT molecular complexity index is 549. The fourth-order valence-electron chi connectivity index (χ4n) is 1.82. The lowest BCUT2D eigenvalue weighted by atomic mass is 10.1. The molecule has 0 unspecified atom stereocenters. The van der Waals surface area contributed by atoms with Gasteiger partial charge in [0.15, 0.2) is 0 Å². The molecule has 0 saturated heterocycles. The molecule has 1 aromatic heterocycles. The first-order chi connectivity index (χ1) is 9.45. The summed E-state index contributed by atoms with van der Waals surface area (Å²) in [5.74, 6) is -0.866. The fraction of sp³-hybridized carbons (Fsp3) is 0.286. The Morgan fingerprint density at radius 2 is 1.90 bits per heavy atom. The minimum Gasteiger partial charge on any atom is -0.312 e. The third-order valence-corrected chi connectivity index (χ3v) is 3.52. The van der Waals surface area contributed by atoms with Crippen LogP contribution in [0.5, 0.6) is 0 Å². The van der Waals surface area contributed by atoms with Gasteiger partial charge in [-0.15, -0.1) is 0 Å². The number of rotatable bonds is 5. The molecule has 2 rings (SSSR count). The molecular weight excluding hydrogens is 290 g/mol. The summed E-state index contributed by atoms with van der Waals surface area (Å²) in [7, 11) is 0. The van der Waals surface area contributed by atoms with E-state index in [1.165, 1.54) is 5.56 Å². The van der Waals surface area contributed by atoms with Gasteiger partial charge in [-0.25, -0.2) is 4.39 Å². The van der Waals surface area contributed by atoms with Crippen molar-refractivity contribution in [3.63, 3.8) is 0 Å². The Hall–Kier alpha value is -1.40. The van der Waals surface area contributed by atoms with Crippen molar-refractivity contribution >= 4 is 11.3 Å². The molecule has 0 saturated carbocycles. The zero-order chi connectivity index (χ0) is 14.6. The number of alkyl halides is 3. The van der Waals surface area contributed by atoms with E-state index in [0.29, 0.717) is 18.2 Å². The summed E-state index contributed by atoms with van der Waals surface area (Å²) < 4.78 is 50.8. The lowest BCUT2D eigenvalue weighted by Crippen LogP contribution is -2.17. The van der Waals surface area contributed by atoms with E-state index < -0.39 is 17.6 Å². The van der Waals surface area contributed by atoms with Crippen molar-refractivity contribution in [2.45, 2.75) is 19.1 Å². The zero-order valence-electron chi connectivity index (χ0n) is 10.5. The molecule has 0 bridgehead atoms. The third-order valence-electron chi connectivity index (χ3n) is 2.78. The minimum absolute atomic E-state index is 0.213. The Kier molecular flexibility index (Phi) is 4.77. The highest BCUT2D eigenvalue weighted by Crippen LogP contribution is 2.30. The van der Waals surface area contributed by atoms with Crippen molar-refractivity contribution in [2.24, 2.45) is 0 Å². The highest BCUT2D eigenvalue weighted by Gasteiger charge is 2.31. The van der Waals surface area contributed by atoms with Crippen LogP contribution >= 0.6 is 11.3 Å². The van der Waals surface area contributed by atoms with Crippen LogP contribution in [0.3, 0.4) is 0 Å². The third kappa shape index (κ3) is 4.31. The predicted octanol–water partition coefficient (Wildman–Crippen LogP) is 4.24. The first-order valence-electron chi connectivity index (χ1n) is 6.03. The molecule has 0 aliphatic heterocycles. The van der Waals surface area contributed by atoms with Gasteiger partial charge in [0.1, 0.15) is 5.82 Å². The summed E-state index contributed by atoms with van der Waals surface area (Å²) in [4.78, 5) is 0. The maximum absolute atomic E-state index is 13.2. The number of halogens is 4. The van der Waals surface area contributed by atoms with Gasteiger partial charge >= 0.3 is 6.18 Å². The summed E-state index contributed by atoms with van der Waals surface area (Å²) in [5, 5.41) is 7.01. The predicted molar refractivity (Wildman–Crippen MR) is 71.1 cm³/mol. The monoisotopic (exact) mass is 303 g/mol. The molecule has 2 aromatic rings. The molecule has 1 N–H and O–H groups in total. The summed E-state index contributed by atoms with van der Waals surface area (Å²) in [6.07, 6.45) is -3.72. The average molecular weight is 303 g/mol. The largest absolute Gasteiger partial charge is 0.416 e. The summed E-state index contributed by atoms with van der Waals surface area (Å²) in [5.41, 5.74) is 0.521. The van der Waals surface area contributed by atoms with Crippen LogP contribution in [0.4, 0.5) is 17.6 Å². The van der Waals surface area contributed by atoms with E-state index in [-0.39, 0.29) is 6.54 Å². The van der Waals surface area contributed by atoms with Crippen LogP contribution in [0.1, 0.15) is 16.7 Å². The fourth-order valence-corrected chi connectivity index (χ4v) is 2.52. The summed E-state index contributed by atoms with van der Waals surface area (Å²) in [6, 6.07) is 4.60. The highest BCUT2D eigenvalue weighted by atomic mass is 32.1. The second-order valence-corrected chi connectivity index (χ2v) is 5.18. The molecule has 1 nitrogen and oxygen atoms in total. The summed E-state index contributed by atoms with van der Waals surface area (Å²) >= 11 is 1.60. The van der Waals surface area contributed by atoms with Gasteiger partial charge in [0.2, 0.25) is 0 Å². The Labute approximate surface area is 118 Å². The molecule has 1 aromatic carbocycles. The number of hydrogen-bond donors (Lipinski definition) is 1. The van der Waals surface area contributed by atoms with Crippen molar-refractivity contribution in [2.75, 3.05) is 6.54 Å². The van der Waals surface area contributed by atoms with E-state index in [4.69, 9.17) is 0 Å². The second-order valence-electron chi connectivity index (χ2n) is 4.40. The molecule has 1 heterocycles. The van der Waals surface area contributed by atoms with Gasteiger partial charge < -0.3 is 5.32 Å². The van der Waals surface area contributed by atoms with Crippen molar-refractivity contribution in [3.05, 3.63) is 57.5 Å². The van der Waals surface area contributed by atoms with E-state index in [9.17, 15) is 17.6 Å². The minimum atomic E-state index is -4.52. The standard InChI is InChI=1S/C14H13F4NS/c15-13-6-11(5-12(7-13)14(16,17)18)8-19-3-1-10-2-4-20-9-10/h2,4-7,9,19H,1,3,8H2. The molecule has 0 aliphatic carbocycles. The van der Waals surface area contributed by atoms with Crippen molar-refractivity contribution in [1.82, 2.24) is 5.32 Å². The molecule has 0 aliphatic rings. The molecule has 0 amide bonds. The Morgan fingerprint density at radius 3 is 2.55 bits per heavy atom. The van der Waals surface area contributed by atoms with E-state index in [1.54, 1.807) is 11.3 Å². The van der Waals surface area contributed by atoms with Crippen molar-refractivity contribution in [1.29, 1.82) is 0 Å². The molecule has 108 valence electrons. The Balaban J connectivity index is 1.91. The zero-order valence-corrected chi connectivity index (χ0v) is 11.3. The molecule has 0 fully saturated rings. The van der Waals surface area contributed by atoms with E-state index in [1.807, 2.05) is 16.8 Å². The normalized spacial score (nSPS) is 11.8. The van der Waals surface area contributed by atoms with Crippen LogP contribution in [-0.2, 0) is 19.1 Å². The van der Waals surface area contributed by atoms with Gasteiger partial charge in [-0.3, -0.25) is 0 Å². The van der Waals surface area contributed by atoms with Crippen LogP contribution in [0.25, 0.3) is 0 Å². The molecule has 6 heteroatoms. The van der Waals surface area contributed by atoms with Gasteiger partial charge in [-0.05, 0) is 59.1 Å². The lowest BCUT2D eigenvalue weighted by molar-refractivity contribution is -0.137. The van der Waals surface area contributed by atoms with Gasteiger partial charge in [0.25, 0.3) is 0 Å². The number of thiophene rings is 1. The first-order valence-corrected chi connectivity index (χ1v) is 6.98. The summed E-state index contributed by atoms with van der Waals surface area (Å²) in [6.45, 7) is 0.847. The van der Waals surface area contributed by atoms with Gasteiger partial charge in [0, 0.05) is 6.54 Å². The van der Waals surface area contributed by atoms with E-state index in [2.05, 4.69) is 5.32 Å². The highest BCUT2D eigenvalue weighted by molar-refractivity contribution is 7.07. The molecule has 0 radical (unpaired) electrons.